The van der Waals surface area contributed by atoms with Crippen molar-refractivity contribution in [2.75, 3.05) is 6.61 Å². The van der Waals surface area contributed by atoms with Crippen LogP contribution in [-0.4, -0.2) is 55.5 Å². The summed E-state index contributed by atoms with van der Waals surface area (Å²) >= 11 is 0. The van der Waals surface area contributed by atoms with Gasteiger partial charge in [0.15, 0.2) is 11.4 Å². The van der Waals surface area contributed by atoms with Gasteiger partial charge >= 0.3 is 0 Å². The van der Waals surface area contributed by atoms with Crippen LogP contribution in [0.25, 0.3) is 0 Å². The maximum absolute atomic E-state index is 13.7. The van der Waals surface area contributed by atoms with Crippen LogP contribution in [0.2, 0.25) is 0 Å². The van der Waals surface area contributed by atoms with Crippen LogP contribution < -0.4 is 10.7 Å². The number of rotatable bonds is 5. The maximum atomic E-state index is 13.7. The van der Waals surface area contributed by atoms with Crippen LogP contribution in [0, 0.1) is 11.6 Å². The molecule has 11 heteroatoms. The summed E-state index contributed by atoms with van der Waals surface area (Å²) in [6.45, 7) is 0.416. The average molecular weight is 423 g/mol. The van der Waals surface area contributed by atoms with Gasteiger partial charge < -0.3 is 30.1 Å². The lowest BCUT2D eigenvalue weighted by Gasteiger charge is -2.38. The molecule has 9 nitrogen and oxygen atoms in total. The van der Waals surface area contributed by atoms with Gasteiger partial charge in [-0.1, -0.05) is 6.07 Å². The number of nitrogens with one attached hydrogen (secondary N) is 1. The first-order valence-corrected chi connectivity index (χ1v) is 8.95. The molecule has 0 saturated carbocycles. The van der Waals surface area contributed by atoms with Crippen molar-refractivity contribution in [3.63, 3.8) is 0 Å². The third-order valence-corrected chi connectivity index (χ3v) is 4.81. The number of hydrogen-bond acceptors (Lipinski definition) is 6. The van der Waals surface area contributed by atoms with E-state index in [4.69, 9.17) is 0 Å². The van der Waals surface area contributed by atoms with Crippen LogP contribution in [0.15, 0.2) is 29.2 Å². The van der Waals surface area contributed by atoms with Crippen LogP contribution >= 0.6 is 0 Å². The molecular weight excluding hydrogens is 404 g/mol. The average Bonchev–Trinajstić information content (AvgIpc) is 2.69. The molecule has 2 unspecified atom stereocenters. The third kappa shape index (κ3) is 3.76. The predicted molar refractivity (Wildman–Crippen MR) is 98.6 cm³/mol. The lowest BCUT2D eigenvalue weighted by molar-refractivity contribution is -0.0378. The van der Waals surface area contributed by atoms with E-state index in [0.29, 0.717) is 6.07 Å². The van der Waals surface area contributed by atoms with Crippen molar-refractivity contribution in [2.24, 2.45) is 0 Å². The van der Waals surface area contributed by atoms with E-state index in [9.17, 15) is 38.5 Å². The number of aliphatic hydroxyl groups excluding tert-OH is 2. The van der Waals surface area contributed by atoms with E-state index >= 15 is 0 Å². The Bertz CT molecular complexity index is 1070. The van der Waals surface area contributed by atoms with Gasteiger partial charge in [-0.05, 0) is 13.0 Å². The molecular formula is C19H19F2N3O6. The van der Waals surface area contributed by atoms with Gasteiger partial charge in [-0.2, -0.15) is 0 Å². The van der Waals surface area contributed by atoms with E-state index in [1.54, 1.807) is 0 Å². The fourth-order valence-electron chi connectivity index (χ4n) is 3.22. The summed E-state index contributed by atoms with van der Waals surface area (Å²) < 4.78 is 27.7. The van der Waals surface area contributed by atoms with Gasteiger partial charge in [-0.25, -0.2) is 8.78 Å². The molecule has 2 aromatic rings. The highest BCUT2D eigenvalue weighted by Crippen LogP contribution is 2.24. The normalized spacial score (nSPS) is 16.9. The second kappa shape index (κ2) is 8.20. The van der Waals surface area contributed by atoms with Crippen molar-refractivity contribution >= 4 is 11.8 Å². The number of aliphatic hydroxyl groups is 2. The molecule has 2 heterocycles. The Hall–Kier alpha value is -3.31. The number of hydrogen-bond donors (Lipinski definition) is 4. The second-order valence-corrected chi connectivity index (χ2v) is 6.86. The van der Waals surface area contributed by atoms with Crippen LogP contribution in [0.4, 0.5) is 8.78 Å². The SMILES string of the molecule is CC(CO)N1C(=O)c2c(O)c(=O)c(C(=O)NCc3ccc(F)cc3F)cn2CC1O. The summed E-state index contributed by atoms with van der Waals surface area (Å²) in [5.74, 6) is -4.49. The molecule has 4 N–H and O–H groups in total. The van der Waals surface area contributed by atoms with Gasteiger partial charge in [0.25, 0.3) is 11.8 Å². The zero-order valence-electron chi connectivity index (χ0n) is 15.8. The molecule has 2 atom stereocenters. The molecule has 1 aromatic heterocycles. The number of halogens is 2. The maximum Gasteiger partial charge on any atom is 0.276 e. The van der Waals surface area contributed by atoms with Crippen LogP contribution in [0.1, 0.15) is 33.3 Å². The highest BCUT2D eigenvalue weighted by Gasteiger charge is 2.37. The van der Waals surface area contributed by atoms with E-state index in [1.807, 2.05) is 0 Å². The molecule has 0 bridgehead atoms. The van der Waals surface area contributed by atoms with Crippen molar-refractivity contribution in [1.29, 1.82) is 0 Å². The van der Waals surface area contributed by atoms with Crippen molar-refractivity contribution in [1.82, 2.24) is 14.8 Å². The van der Waals surface area contributed by atoms with Gasteiger partial charge in [0.1, 0.15) is 23.4 Å². The summed E-state index contributed by atoms with van der Waals surface area (Å²) in [6.07, 6.45) is -0.353. The first-order valence-electron chi connectivity index (χ1n) is 8.95. The van der Waals surface area contributed by atoms with E-state index in [0.717, 1.165) is 27.8 Å². The highest BCUT2D eigenvalue weighted by atomic mass is 19.1. The molecule has 30 heavy (non-hydrogen) atoms. The number of amides is 2. The molecule has 0 fully saturated rings. The Morgan fingerprint density at radius 3 is 2.67 bits per heavy atom. The highest BCUT2D eigenvalue weighted by molar-refractivity contribution is 5.99. The van der Waals surface area contributed by atoms with Crippen LogP contribution in [0.5, 0.6) is 5.75 Å². The first-order chi connectivity index (χ1) is 14.1. The fourth-order valence-corrected chi connectivity index (χ4v) is 3.22. The molecule has 0 saturated heterocycles. The smallest absolute Gasteiger partial charge is 0.276 e. The summed E-state index contributed by atoms with van der Waals surface area (Å²) in [6, 6.07) is 2.02. The van der Waals surface area contributed by atoms with Crippen molar-refractivity contribution < 1.29 is 33.7 Å². The van der Waals surface area contributed by atoms with Gasteiger partial charge in [-0.3, -0.25) is 14.4 Å². The van der Waals surface area contributed by atoms with Crippen LogP contribution in [0.3, 0.4) is 0 Å². The Kier molecular flexibility index (Phi) is 5.85. The zero-order valence-corrected chi connectivity index (χ0v) is 15.8. The van der Waals surface area contributed by atoms with Crippen molar-refractivity contribution in [2.45, 2.75) is 32.3 Å². The number of carbonyl (C=O) groups is 2. The molecule has 1 aromatic carbocycles. The van der Waals surface area contributed by atoms with Crippen molar-refractivity contribution in [3.8, 4) is 5.75 Å². The molecule has 0 radical (unpaired) electrons. The minimum Gasteiger partial charge on any atom is -0.503 e. The van der Waals surface area contributed by atoms with Gasteiger partial charge in [0.2, 0.25) is 5.43 Å². The van der Waals surface area contributed by atoms with Crippen molar-refractivity contribution in [3.05, 3.63) is 63.1 Å². The number of aromatic hydroxyl groups is 1. The predicted octanol–water partition coefficient (Wildman–Crippen LogP) is -0.0829. The Balaban J connectivity index is 1.90. The molecule has 1 aliphatic heterocycles. The summed E-state index contributed by atoms with van der Waals surface area (Å²) in [5, 5.41) is 32.0. The Labute approximate surface area is 168 Å². The minimum atomic E-state index is -1.36. The number of fused-ring (bicyclic) bond motifs is 1. The zero-order chi connectivity index (χ0) is 22.2. The molecule has 3 rings (SSSR count). The van der Waals surface area contributed by atoms with Gasteiger partial charge in [0.05, 0.1) is 19.2 Å². The Morgan fingerprint density at radius 1 is 1.33 bits per heavy atom. The topological polar surface area (TPSA) is 132 Å². The number of nitrogens with zero attached hydrogens (tertiary/aromatic N) is 2. The van der Waals surface area contributed by atoms with E-state index in [1.165, 1.54) is 6.92 Å². The van der Waals surface area contributed by atoms with Gasteiger partial charge in [0, 0.05) is 24.4 Å². The van der Waals surface area contributed by atoms with E-state index in [2.05, 4.69) is 5.32 Å². The number of benzene rings is 1. The summed E-state index contributed by atoms with van der Waals surface area (Å²) in [7, 11) is 0. The number of carbonyl (C=O) groups excluding carboxylic acids is 2. The summed E-state index contributed by atoms with van der Waals surface area (Å²) in [4.78, 5) is 38.4. The fraction of sp³-hybridized carbons (Fsp3) is 0.316. The number of pyridine rings is 1. The minimum absolute atomic E-state index is 0.0220. The molecule has 0 aliphatic carbocycles. The molecule has 0 spiro atoms. The monoisotopic (exact) mass is 423 g/mol. The Morgan fingerprint density at radius 2 is 2.03 bits per heavy atom. The quantitative estimate of drug-likeness (QED) is 0.532. The van der Waals surface area contributed by atoms with Crippen LogP contribution in [-0.2, 0) is 13.1 Å². The largest absolute Gasteiger partial charge is 0.503 e. The lowest BCUT2D eigenvalue weighted by Crippen LogP contribution is -2.54. The molecule has 160 valence electrons. The molecule has 2 amide bonds. The summed E-state index contributed by atoms with van der Waals surface area (Å²) in [5.41, 5.74) is -2.10. The lowest BCUT2D eigenvalue weighted by atomic mass is 10.1. The first kappa shape index (κ1) is 21.4. The molecule has 1 aliphatic rings. The van der Waals surface area contributed by atoms with Gasteiger partial charge in [-0.15, -0.1) is 0 Å². The van der Waals surface area contributed by atoms with E-state index in [-0.39, 0.29) is 18.7 Å². The standard InChI is InChI=1S/C19H19F2N3O6/c1-9(8-25)24-14(26)7-23-6-12(16(27)17(28)15(23)19(24)30)18(29)22-5-10-2-3-11(20)4-13(10)21/h2-4,6,9,14,25-26,28H,5,7-8H2,1H3,(H,22,29). The van der Waals surface area contributed by atoms with E-state index < -0.39 is 64.8 Å². The third-order valence-electron chi connectivity index (χ3n) is 4.81. The second-order valence-electron chi connectivity index (χ2n) is 6.86. The number of aromatic nitrogens is 1.